The van der Waals surface area contributed by atoms with Crippen molar-refractivity contribution in [3.63, 3.8) is 0 Å². The number of hydrogen-bond donors (Lipinski definition) is 2. The van der Waals surface area contributed by atoms with Gasteiger partial charge < -0.3 is 10.6 Å². The topological polar surface area (TPSA) is 41.1 Å². The van der Waals surface area contributed by atoms with Crippen LogP contribution in [0.15, 0.2) is 0 Å². The van der Waals surface area contributed by atoms with Crippen LogP contribution in [0.3, 0.4) is 0 Å². The third-order valence-electron chi connectivity index (χ3n) is 5.57. The van der Waals surface area contributed by atoms with E-state index in [2.05, 4.69) is 10.6 Å². The number of carbonyl (C=O) groups is 1. The van der Waals surface area contributed by atoms with Gasteiger partial charge in [0, 0.05) is 18.5 Å². The third-order valence-corrected chi connectivity index (χ3v) is 5.57. The molecular formula is C17H30N2O. The lowest BCUT2D eigenvalue weighted by Gasteiger charge is -2.38. The maximum atomic E-state index is 12.3. The fraction of sp³-hybridized carbons (Fsp3) is 0.941. The van der Waals surface area contributed by atoms with Gasteiger partial charge >= 0.3 is 0 Å². The normalized spacial score (nSPS) is 33.5. The first-order valence-electron chi connectivity index (χ1n) is 8.84. The van der Waals surface area contributed by atoms with Crippen molar-refractivity contribution in [1.82, 2.24) is 10.6 Å². The fourth-order valence-corrected chi connectivity index (χ4v) is 4.15. The maximum absolute atomic E-state index is 12.3. The Morgan fingerprint density at radius 3 is 2.50 bits per heavy atom. The smallest absolute Gasteiger partial charge is 0.223 e. The second kappa shape index (κ2) is 6.93. The zero-order valence-corrected chi connectivity index (χ0v) is 12.7. The van der Waals surface area contributed by atoms with Crippen LogP contribution in [-0.4, -0.2) is 25.0 Å². The minimum Gasteiger partial charge on any atom is -0.356 e. The van der Waals surface area contributed by atoms with Crippen molar-refractivity contribution < 1.29 is 4.79 Å². The zero-order chi connectivity index (χ0) is 13.8. The molecule has 3 aliphatic carbocycles. The Kier molecular flexibility index (Phi) is 4.98. The van der Waals surface area contributed by atoms with Crippen LogP contribution in [0.25, 0.3) is 0 Å². The molecule has 0 aliphatic heterocycles. The Hall–Kier alpha value is -0.570. The molecule has 3 atom stereocenters. The molecule has 3 fully saturated rings. The number of amides is 1. The summed E-state index contributed by atoms with van der Waals surface area (Å²) >= 11 is 0. The monoisotopic (exact) mass is 278 g/mol. The van der Waals surface area contributed by atoms with Crippen LogP contribution in [0.4, 0.5) is 0 Å². The Labute approximate surface area is 123 Å². The van der Waals surface area contributed by atoms with Crippen molar-refractivity contribution in [2.75, 3.05) is 13.1 Å². The molecule has 2 N–H and O–H groups in total. The van der Waals surface area contributed by atoms with Crippen molar-refractivity contribution in [3.05, 3.63) is 0 Å². The third kappa shape index (κ3) is 3.97. The lowest BCUT2D eigenvalue weighted by molar-refractivity contribution is -0.127. The molecule has 3 rings (SSSR count). The summed E-state index contributed by atoms with van der Waals surface area (Å²) in [6, 6.07) is 0.785. The predicted molar refractivity (Wildman–Crippen MR) is 81.4 cm³/mol. The molecule has 0 saturated heterocycles. The van der Waals surface area contributed by atoms with Gasteiger partial charge in [-0.3, -0.25) is 4.79 Å². The average Bonchev–Trinajstić information content (AvgIpc) is 3.30. The van der Waals surface area contributed by atoms with Crippen molar-refractivity contribution in [3.8, 4) is 0 Å². The number of rotatable bonds is 6. The quantitative estimate of drug-likeness (QED) is 0.734. The summed E-state index contributed by atoms with van der Waals surface area (Å²) in [6.45, 7) is 1.91. The molecule has 0 aromatic rings. The Morgan fingerprint density at radius 1 is 0.900 bits per heavy atom. The highest BCUT2D eigenvalue weighted by molar-refractivity contribution is 5.78. The van der Waals surface area contributed by atoms with Gasteiger partial charge in [-0.25, -0.2) is 0 Å². The second-order valence-corrected chi connectivity index (χ2v) is 7.19. The standard InChI is InChI=1S/C17H30N2O/c20-17(19-11-3-10-18-16-8-9-16)15-7-6-13-4-1-2-5-14(13)12-15/h13-16,18H,1-12H2,(H,19,20). The molecule has 3 unspecified atom stereocenters. The van der Waals surface area contributed by atoms with Crippen LogP contribution >= 0.6 is 0 Å². The number of carbonyl (C=O) groups excluding carboxylic acids is 1. The molecule has 1 amide bonds. The second-order valence-electron chi connectivity index (χ2n) is 7.19. The van der Waals surface area contributed by atoms with E-state index in [0.29, 0.717) is 11.8 Å². The first kappa shape index (κ1) is 14.4. The molecule has 3 saturated carbocycles. The molecule has 0 radical (unpaired) electrons. The zero-order valence-electron chi connectivity index (χ0n) is 12.7. The molecule has 0 heterocycles. The molecule has 3 nitrogen and oxygen atoms in total. The molecule has 0 bridgehead atoms. The van der Waals surface area contributed by atoms with Crippen LogP contribution in [0, 0.1) is 17.8 Å². The highest BCUT2D eigenvalue weighted by atomic mass is 16.1. The van der Waals surface area contributed by atoms with Crippen LogP contribution in [-0.2, 0) is 4.79 Å². The lowest BCUT2D eigenvalue weighted by atomic mass is 9.67. The van der Waals surface area contributed by atoms with Crippen LogP contribution in [0.2, 0.25) is 0 Å². The molecule has 20 heavy (non-hydrogen) atoms. The van der Waals surface area contributed by atoms with E-state index in [4.69, 9.17) is 0 Å². The van der Waals surface area contributed by atoms with Gasteiger partial charge in [0.2, 0.25) is 5.91 Å². The van der Waals surface area contributed by atoms with E-state index in [0.717, 1.165) is 50.2 Å². The van der Waals surface area contributed by atoms with Gasteiger partial charge in [0.15, 0.2) is 0 Å². The fourth-order valence-electron chi connectivity index (χ4n) is 4.15. The largest absolute Gasteiger partial charge is 0.356 e. The maximum Gasteiger partial charge on any atom is 0.223 e. The summed E-state index contributed by atoms with van der Waals surface area (Å²) in [5, 5.41) is 6.66. The average molecular weight is 278 g/mol. The van der Waals surface area contributed by atoms with Gasteiger partial charge in [-0.05, 0) is 56.9 Å². The van der Waals surface area contributed by atoms with E-state index in [-0.39, 0.29) is 0 Å². The van der Waals surface area contributed by atoms with Crippen LogP contribution in [0.1, 0.15) is 64.2 Å². The van der Waals surface area contributed by atoms with E-state index in [1.807, 2.05) is 0 Å². The summed E-state index contributed by atoms with van der Waals surface area (Å²) in [5.41, 5.74) is 0. The highest BCUT2D eigenvalue weighted by Crippen LogP contribution is 2.42. The molecule has 0 aromatic carbocycles. The minimum atomic E-state index is 0.311. The predicted octanol–water partition coefficient (Wildman–Crippen LogP) is 2.85. The lowest BCUT2D eigenvalue weighted by Crippen LogP contribution is -2.38. The van der Waals surface area contributed by atoms with Gasteiger partial charge in [-0.2, -0.15) is 0 Å². The highest BCUT2D eigenvalue weighted by Gasteiger charge is 2.34. The van der Waals surface area contributed by atoms with E-state index < -0.39 is 0 Å². The number of hydrogen-bond acceptors (Lipinski definition) is 2. The Morgan fingerprint density at radius 2 is 1.70 bits per heavy atom. The molecule has 3 aliphatic rings. The van der Waals surface area contributed by atoms with E-state index >= 15 is 0 Å². The minimum absolute atomic E-state index is 0.311. The molecular weight excluding hydrogens is 248 g/mol. The van der Waals surface area contributed by atoms with E-state index in [1.165, 1.54) is 44.9 Å². The van der Waals surface area contributed by atoms with Crippen molar-refractivity contribution in [1.29, 1.82) is 0 Å². The van der Waals surface area contributed by atoms with Gasteiger partial charge in [0.25, 0.3) is 0 Å². The SMILES string of the molecule is O=C(NCCCNC1CC1)C1CCC2CCCCC2C1. The van der Waals surface area contributed by atoms with Crippen LogP contribution in [0.5, 0.6) is 0 Å². The Bertz CT molecular complexity index is 327. The summed E-state index contributed by atoms with van der Waals surface area (Å²) in [4.78, 5) is 12.3. The molecule has 114 valence electrons. The van der Waals surface area contributed by atoms with E-state index in [9.17, 15) is 4.79 Å². The number of nitrogens with one attached hydrogen (secondary N) is 2. The van der Waals surface area contributed by atoms with Crippen molar-refractivity contribution in [2.24, 2.45) is 17.8 Å². The van der Waals surface area contributed by atoms with Crippen molar-refractivity contribution in [2.45, 2.75) is 70.3 Å². The van der Waals surface area contributed by atoms with Crippen LogP contribution < -0.4 is 10.6 Å². The molecule has 3 heteroatoms. The Balaban J connectivity index is 1.32. The van der Waals surface area contributed by atoms with Gasteiger partial charge in [-0.1, -0.05) is 25.7 Å². The summed E-state index contributed by atoms with van der Waals surface area (Å²) < 4.78 is 0. The van der Waals surface area contributed by atoms with Crippen molar-refractivity contribution >= 4 is 5.91 Å². The number of fused-ring (bicyclic) bond motifs is 1. The van der Waals surface area contributed by atoms with E-state index in [1.54, 1.807) is 0 Å². The molecule has 0 aromatic heterocycles. The summed E-state index contributed by atoms with van der Waals surface area (Å²) in [6.07, 6.45) is 13.0. The van der Waals surface area contributed by atoms with Gasteiger partial charge in [-0.15, -0.1) is 0 Å². The summed E-state index contributed by atoms with van der Waals surface area (Å²) in [7, 11) is 0. The first-order valence-corrected chi connectivity index (χ1v) is 8.84. The summed E-state index contributed by atoms with van der Waals surface area (Å²) in [5.74, 6) is 2.44. The van der Waals surface area contributed by atoms with Gasteiger partial charge in [0.1, 0.15) is 0 Å². The first-order chi connectivity index (χ1) is 9.83. The van der Waals surface area contributed by atoms with Gasteiger partial charge in [0.05, 0.1) is 0 Å². The molecule has 0 spiro atoms.